The number of aromatic nitrogens is 2. The maximum absolute atomic E-state index is 13.2. The van der Waals surface area contributed by atoms with Gasteiger partial charge in [-0.2, -0.15) is 18.3 Å². The molecule has 2 aromatic rings. The summed E-state index contributed by atoms with van der Waals surface area (Å²) in [4.78, 5) is 0.840. The Balaban J connectivity index is 2.35. The van der Waals surface area contributed by atoms with Crippen LogP contribution in [0.3, 0.4) is 0 Å². The van der Waals surface area contributed by atoms with Gasteiger partial charge in [-0.1, -0.05) is 17.8 Å². The van der Waals surface area contributed by atoms with E-state index in [1.807, 2.05) is 0 Å². The zero-order valence-corrected chi connectivity index (χ0v) is 12.5. The van der Waals surface area contributed by atoms with Gasteiger partial charge in [-0.3, -0.25) is 4.68 Å². The lowest BCUT2D eigenvalue weighted by molar-refractivity contribution is -0.139. The SMILES string of the molecule is CC(N)Cc1ccc(Sc2cnn(C)c2)c(C(F)(F)F)c1. The summed E-state index contributed by atoms with van der Waals surface area (Å²) in [7, 11) is 1.72. The Bertz CT molecular complexity index is 620. The number of alkyl halides is 3. The summed E-state index contributed by atoms with van der Waals surface area (Å²) in [5, 5.41) is 3.96. The molecule has 1 atom stereocenters. The van der Waals surface area contributed by atoms with Crippen LogP contribution in [0.15, 0.2) is 40.4 Å². The zero-order chi connectivity index (χ0) is 15.6. The molecule has 0 saturated heterocycles. The number of rotatable bonds is 4. The predicted molar refractivity (Wildman–Crippen MR) is 76.1 cm³/mol. The molecule has 0 fully saturated rings. The van der Waals surface area contributed by atoms with Crippen molar-refractivity contribution in [1.82, 2.24) is 9.78 Å². The third kappa shape index (κ3) is 4.25. The first-order valence-electron chi connectivity index (χ1n) is 6.38. The van der Waals surface area contributed by atoms with Crippen LogP contribution in [0.1, 0.15) is 18.1 Å². The predicted octanol–water partition coefficient (Wildman–Crippen LogP) is 3.48. The van der Waals surface area contributed by atoms with Crippen LogP contribution in [-0.2, 0) is 19.6 Å². The van der Waals surface area contributed by atoms with Gasteiger partial charge in [0.1, 0.15) is 0 Å². The van der Waals surface area contributed by atoms with Gasteiger partial charge < -0.3 is 5.73 Å². The monoisotopic (exact) mass is 315 g/mol. The Labute approximate surface area is 125 Å². The fraction of sp³-hybridized carbons (Fsp3) is 0.357. The first kappa shape index (κ1) is 15.9. The van der Waals surface area contributed by atoms with Crippen molar-refractivity contribution < 1.29 is 13.2 Å². The number of hydrogen-bond donors (Lipinski definition) is 1. The summed E-state index contributed by atoms with van der Waals surface area (Å²) < 4.78 is 41.2. The Morgan fingerprint density at radius 1 is 1.38 bits per heavy atom. The number of nitrogens with two attached hydrogens (primary N) is 1. The molecule has 0 bridgehead atoms. The van der Waals surface area contributed by atoms with Gasteiger partial charge in [0.2, 0.25) is 0 Å². The molecular weight excluding hydrogens is 299 g/mol. The van der Waals surface area contributed by atoms with E-state index in [-0.39, 0.29) is 10.9 Å². The highest BCUT2D eigenvalue weighted by Gasteiger charge is 2.34. The molecule has 114 valence electrons. The molecule has 0 aliphatic heterocycles. The van der Waals surface area contributed by atoms with Gasteiger partial charge in [0.05, 0.1) is 16.7 Å². The van der Waals surface area contributed by atoms with E-state index in [0.29, 0.717) is 16.9 Å². The molecule has 2 N–H and O–H groups in total. The molecule has 7 heteroatoms. The normalized spacial score (nSPS) is 13.4. The third-order valence-corrected chi connectivity index (χ3v) is 3.84. The van der Waals surface area contributed by atoms with E-state index in [1.165, 1.54) is 12.1 Å². The molecule has 0 aliphatic carbocycles. The Morgan fingerprint density at radius 2 is 2.10 bits per heavy atom. The first-order valence-corrected chi connectivity index (χ1v) is 7.19. The highest BCUT2D eigenvalue weighted by Crippen LogP contribution is 2.40. The van der Waals surface area contributed by atoms with E-state index < -0.39 is 11.7 Å². The molecule has 3 nitrogen and oxygen atoms in total. The van der Waals surface area contributed by atoms with Crippen LogP contribution in [-0.4, -0.2) is 15.8 Å². The van der Waals surface area contributed by atoms with Gasteiger partial charge in [0.25, 0.3) is 0 Å². The maximum atomic E-state index is 13.2. The highest BCUT2D eigenvalue weighted by molar-refractivity contribution is 7.99. The average Bonchev–Trinajstić information content (AvgIpc) is 2.75. The molecule has 0 aliphatic rings. The van der Waals surface area contributed by atoms with Crippen LogP contribution >= 0.6 is 11.8 Å². The Kier molecular flexibility index (Phi) is 4.63. The molecule has 0 amide bonds. The van der Waals surface area contributed by atoms with Gasteiger partial charge in [0.15, 0.2) is 0 Å². The second-order valence-corrected chi connectivity index (χ2v) is 6.08. The molecule has 0 spiro atoms. The van der Waals surface area contributed by atoms with Crippen LogP contribution in [0.4, 0.5) is 13.2 Å². The molecular formula is C14H16F3N3S. The van der Waals surface area contributed by atoms with Gasteiger partial charge in [-0.25, -0.2) is 0 Å². The molecule has 2 rings (SSSR count). The van der Waals surface area contributed by atoms with Gasteiger partial charge in [0, 0.05) is 24.2 Å². The van der Waals surface area contributed by atoms with E-state index >= 15 is 0 Å². The van der Waals surface area contributed by atoms with Crippen LogP contribution in [0, 0.1) is 0 Å². The minimum Gasteiger partial charge on any atom is -0.328 e. The second-order valence-electron chi connectivity index (χ2n) is 4.96. The average molecular weight is 315 g/mol. The number of aryl methyl sites for hydroxylation is 1. The van der Waals surface area contributed by atoms with E-state index in [0.717, 1.165) is 11.8 Å². The summed E-state index contributed by atoms with van der Waals surface area (Å²) in [6.07, 6.45) is -0.749. The zero-order valence-electron chi connectivity index (χ0n) is 11.7. The first-order chi connectivity index (χ1) is 9.75. The van der Waals surface area contributed by atoms with E-state index in [4.69, 9.17) is 5.73 Å². The fourth-order valence-corrected chi connectivity index (χ4v) is 2.94. The maximum Gasteiger partial charge on any atom is 0.417 e. The molecule has 1 aromatic carbocycles. The number of nitrogens with zero attached hydrogens (tertiary/aromatic N) is 2. The van der Waals surface area contributed by atoms with Crippen molar-refractivity contribution in [3.05, 3.63) is 41.7 Å². The van der Waals surface area contributed by atoms with E-state index in [2.05, 4.69) is 5.10 Å². The van der Waals surface area contributed by atoms with Crippen LogP contribution in [0.5, 0.6) is 0 Å². The topological polar surface area (TPSA) is 43.8 Å². The molecule has 1 aromatic heterocycles. The Hall–Kier alpha value is -1.47. The van der Waals surface area contributed by atoms with Crippen molar-refractivity contribution in [3.63, 3.8) is 0 Å². The van der Waals surface area contributed by atoms with Crippen molar-refractivity contribution in [3.8, 4) is 0 Å². The number of benzene rings is 1. The van der Waals surface area contributed by atoms with Crippen LogP contribution in [0.2, 0.25) is 0 Å². The van der Waals surface area contributed by atoms with Crippen molar-refractivity contribution in [1.29, 1.82) is 0 Å². The molecule has 0 saturated carbocycles. The number of halogens is 3. The summed E-state index contributed by atoms with van der Waals surface area (Å²) in [6, 6.07) is 4.19. The molecule has 21 heavy (non-hydrogen) atoms. The lowest BCUT2D eigenvalue weighted by atomic mass is 10.0. The quantitative estimate of drug-likeness (QED) is 0.939. The van der Waals surface area contributed by atoms with Crippen LogP contribution in [0.25, 0.3) is 0 Å². The highest BCUT2D eigenvalue weighted by atomic mass is 32.2. The minimum absolute atomic E-state index is 0.170. The van der Waals surface area contributed by atoms with Crippen molar-refractivity contribution in [2.75, 3.05) is 0 Å². The van der Waals surface area contributed by atoms with Crippen molar-refractivity contribution in [2.45, 2.75) is 35.4 Å². The lowest BCUT2D eigenvalue weighted by Gasteiger charge is -2.14. The second kappa shape index (κ2) is 6.11. The van der Waals surface area contributed by atoms with Crippen molar-refractivity contribution in [2.24, 2.45) is 12.8 Å². The smallest absolute Gasteiger partial charge is 0.328 e. The van der Waals surface area contributed by atoms with Gasteiger partial charge in [-0.15, -0.1) is 0 Å². The number of hydrogen-bond acceptors (Lipinski definition) is 3. The van der Waals surface area contributed by atoms with E-state index in [9.17, 15) is 13.2 Å². The Morgan fingerprint density at radius 3 is 2.62 bits per heavy atom. The summed E-state index contributed by atoms with van der Waals surface area (Å²) in [6.45, 7) is 1.77. The largest absolute Gasteiger partial charge is 0.417 e. The third-order valence-electron chi connectivity index (χ3n) is 2.82. The molecule has 1 unspecified atom stereocenters. The summed E-state index contributed by atoms with van der Waals surface area (Å²) >= 11 is 1.05. The lowest BCUT2D eigenvalue weighted by Crippen LogP contribution is -2.18. The van der Waals surface area contributed by atoms with Crippen LogP contribution < -0.4 is 5.73 Å². The van der Waals surface area contributed by atoms with Gasteiger partial charge in [-0.05, 0) is 31.0 Å². The molecule has 1 heterocycles. The fourth-order valence-electron chi connectivity index (χ4n) is 1.96. The summed E-state index contributed by atoms with van der Waals surface area (Å²) in [5.41, 5.74) is 5.61. The van der Waals surface area contributed by atoms with Gasteiger partial charge >= 0.3 is 6.18 Å². The van der Waals surface area contributed by atoms with E-state index in [1.54, 1.807) is 37.1 Å². The minimum atomic E-state index is -4.39. The molecule has 0 radical (unpaired) electrons. The van der Waals surface area contributed by atoms with Crippen molar-refractivity contribution >= 4 is 11.8 Å². The standard InChI is InChI=1S/C14H16F3N3S/c1-9(18)5-10-3-4-13(12(6-10)14(15,16)17)21-11-7-19-20(2)8-11/h3-4,6-9H,5,18H2,1-2H3. The summed E-state index contributed by atoms with van der Waals surface area (Å²) in [5.74, 6) is 0.